The molecule has 1 saturated carbocycles. The van der Waals surface area contributed by atoms with Gasteiger partial charge >= 0.3 is 0 Å². The van der Waals surface area contributed by atoms with E-state index < -0.39 is 0 Å². The van der Waals surface area contributed by atoms with Crippen LogP contribution >= 0.6 is 0 Å². The van der Waals surface area contributed by atoms with Gasteiger partial charge in [0.25, 0.3) is 0 Å². The minimum atomic E-state index is 0.385. The topological polar surface area (TPSA) is 15.3 Å². The van der Waals surface area contributed by atoms with E-state index in [1.54, 1.807) is 0 Å². The molecule has 1 atom stereocenters. The second-order valence-electron chi connectivity index (χ2n) is 5.39. The lowest BCUT2D eigenvalue weighted by atomic mass is 9.97. The molecule has 13 heavy (non-hydrogen) atoms. The highest BCUT2D eigenvalue weighted by molar-refractivity contribution is 4.97. The van der Waals surface area contributed by atoms with Crippen molar-refractivity contribution in [3.8, 4) is 0 Å². The fourth-order valence-corrected chi connectivity index (χ4v) is 2.50. The summed E-state index contributed by atoms with van der Waals surface area (Å²) in [5, 5.41) is 3.81. The fourth-order valence-electron chi connectivity index (χ4n) is 2.50. The fraction of sp³-hybridized carbons (Fsp3) is 1.00. The number of rotatable bonds is 3. The van der Waals surface area contributed by atoms with E-state index in [0.717, 1.165) is 12.0 Å². The van der Waals surface area contributed by atoms with Crippen LogP contribution in [0.1, 0.15) is 33.1 Å². The zero-order valence-corrected chi connectivity index (χ0v) is 9.14. The minimum Gasteiger partial charge on any atom is -0.307 e. The summed E-state index contributed by atoms with van der Waals surface area (Å²) in [5.74, 6) is 0.943. The van der Waals surface area contributed by atoms with E-state index in [1.807, 2.05) is 0 Å². The molecule has 2 fully saturated rings. The Labute approximate surface area is 81.7 Å². The summed E-state index contributed by atoms with van der Waals surface area (Å²) in [4.78, 5) is 2.42. The summed E-state index contributed by atoms with van der Waals surface area (Å²) in [6, 6.07) is 0.737. The first-order valence-corrected chi connectivity index (χ1v) is 5.54. The molecule has 0 bridgehead atoms. The number of likely N-dealkylation sites (N-methyl/N-ethyl adjacent to an activating group) is 1. The molecule has 0 aromatic carbocycles. The molecule has 0 spiro atoms. The third-order valence-corrected chi connectivity index (χ3v) is 3.57. The van der Waals surface area contributed by atoms with Crippen molar-refractivity contribution in [1.82, 2.24) is 10.2 Å². The first kappa shape index (κ1) is 9.47. The van der Waals surface area contributed by atoms with Gasteiger partial charge in [-0.3, -0.25) is 0 Å². The summed E-state index contributed by atoms with van der Waals surface area (Å²) in [5.41, 5.74) is 0.385. The lowest BCUT2D eigenvalue weighted by Crippen LogP contribution is -2.48. The van der Waals surface area contributed by atoms with E-state index in [-0.39, 0.29) is 0 Å². The first-order chi connectivity index (χ1) is 6.08. The van der Waals surface area contributed by atoms with Gasteiger partial charge in [0.2, 0.25) is 0 Å². The summed E-state index contributed by atoms with van der Waals surface area (Å²) in [6.45, 7) is 7.22. The maximum absolute atomic E-state index is 3.81. The molecule has 0 aromatic rings. The lowest BCUT2D eigenvalue weighted by molar-refractivity contribution is 0.292. The van der Waals surface area contributed by atoms with Crippen molar-refractivity contribution in [2.75, 3.05) is 20.1 Å². The standard InChI is InChI=1S/C11H22N2/c1-11(2,9-4-5-9)12-10-6-7-13(3)8-10/h9-10,12H,4-8H2,1-3H3. The number of nitrogens with one attached hydrogen (secondary N) is 1. The third-order valence-electron chi connectivity index (χ3n) is 3.57. The van der Waals surface area contributed by atoms with Gasteiger partial charge < -0.3 is 10.2 Å². The van der Waals surface area contributed by atoms with Crippen molar-refractivity contribution in [2.45, 2.75) is 44.7 Å². The molecule has 1 heterocycles. The quantitative estimate of drug-likeness (QED) is 0.711. The molecular weight excluding hydrogens is 160 g/mol. The number of likely N-dealkylation sites (tertiary alicyclic amines) is 1. The highest BCUT2D eigenvalue weighted by Gasteiger charge is 2.39. The number of hydrogen-bond acceptors (Lipinski definition) is 2. The van der Waals surface area contributed by atoms with Crippen LogP contribution in [-0.4, -0.2) is 36.6 Å². The molecule has 76 valence electrons. The Morgan fingerprint density at radius 1 is 1.23 bits per heavy atom. The van der Waals surface area contributed by atoms with Crippen molar-refractivity contribution in [3.63, 3.8) is 0 Å². The average Bonchev–Trinajstić information content (AvgIpc) is 2.78. The second-order valence-corrected chi connectivity index (χ2v) is 5.39. The van der Waals surface area contributed by atoms with Gasteiger partial charge in [0.05, 0.1) is 0 Å². The SMILES string of the molecule is CN1CCC(NC(C)(C)C2CC2)C1. The van der Waals surface area contributed by atoms with Crippen LogP contribution in [0, 0.1) is 5.92 Å². The summed E-state index contributed by atoms with van der Waals surface area (Å²) >= 11 is 0. The predicted molar refractivity (Wildman–Crippen MR) is 55.8 cm³/mol. The average molecular weight is 182 g/mol. The zero-order valence-electron chi connectivity index (χ0n) is 9.14. The zero-order chi connectivity index (χ0) is 9.47. The van der Waals surface area contributed by atoms with Gasteiger partial charge in [0.15, 0.2) is 0 Å². The largest absolute Gasteiger partial charge is 0.307 e. The maximum Gasteiger partial charge on any atom is 0.0212 e. The molecule has 1 unspecified atom stereocenters. The lowest BCUT2D eigenvalue weighted by Gasteiger charge is -2.30. The van der Waals surface area contributed by atoms with Crippen molar-refractivity contribution in [1.29, 1.82) is 0 Å². The second kappa shape index (κ2) is 3.25. The number of nitrogens with zero attached hydrogens (tertiary/aromatic N) is 1. The monoisotopic (exact) mass is 182 g/mol. The van der Waals surface area contributed by atoms with Crippen LogP contribution in [0.3, 0.4) is 0 Å². The van der Waals surface area contributed by atoms with Crippen molar-refractivity contribution < 1.29 is 0 Å². The molecule has 2 aliphatic rings. The van der Waals surface area contributed by atoms with Crippen molar-refractivity contribution in [3.05, 3.63) is 0 Å². The van der Waals surface area contributed by atoms with Crippen LogP contribution in [0.4, 0.5) is 0 Å². The third kappa shape index (κ3) is 2.23. The van der Waals surface area contributed by atoms with E-state index in [0.29, 0.717) is 5.54 Å². The molecule has 0 radical (unpaired) electrons. The molecule has 2 heteroatoms. The van der Waals surface area contributed by atoms with Gasteiger partial charge in [0.1, 0.15) is 0 Å². The summed E-state index contributed by atoms with van der Waals surface area (Å²) < 4.78 is 0. The Balaban J connectivity index is 1.82. The molecule has 0 amide bonds. The van der Waals surface area contributed by atoms with Gasteiger partial charge in [0, 0.05) is 18.1 Å². The van der Waals surface area contributed by atoms with Gasteiger partial charge in [-0.05, 0) is 52.6 Å². The van der Waals surface area contributed by atoms with Crippen LogP contribution in [0.5, 0.6) is 0 Å². The Hall–Kier alpha value is -0.0800. The highest BCUT2D eigenvalue weighted by Crippen LogP contribution is 2.39. The van der Waals surface area contributed by atoms with E-state index in [1.165, 1.54) is 32.4 Å². The van der Waals surface area contributed by atoms with Crippen molar-refractivity contribution >= 4 is 0 Å². The maximum atomic E-state index is 3.81. The highest BCUT2D eigenvalue weighted by atomic mass is 15.2. The number of hydrogen-bond donors (Lipinski definition) is 1. The molecule has 2 nitrogen and oxygen atoms in total. The van der Waals surface area contributed by atoms with E-state index >= 15 is 0 Å². The Kier molecular flexibility index (Phi) is 2.37. The normalized spacial score (nSPS) is 31.2. The molecule has 2 rings (SSSR count). The predicted octanol–water partition coefficient (Wildman–Crippen LogP) is 1.47. The molecular formula is C11H22N2. The molecule has 1 saturated heterocycles. The summed E-state index contributed by atoms with van der Waals surface area (Å²) in [7, 11) is 2.21. The van der Waals surface area contributed by atoms with Crippen LogP contribution < -0.4 is 5.32 Å². The Bertz CT molecular complexity index is 185. The Morgan fingerprint density at radius 3 is 2.38 bits per heavy atom. The summed E-state index contributed by atoms with van der Waals surface area (Å²) in [6.07, 6.45) is 4.19. The van der Waals surface area contributed by atoms with Crippen LogP contribution in [0.15, 0.2) is 0 Å². The van der Waals surface area contributed by atoms with Crippen LogP contribution in [0.25, 0.3) is 0 Å². The van der Waals surface area contributed by atoms with E-state index in [2.05, 4.69) is 31.1 Å². The first-order valence-electron chi connectivity index (χ1n) is 5.54. The van der Waals surface area contributed by atoms with Gasteiger partial charge in [-0.2, -0.15) is 0 Å². The van der Waals surface area contributed by atoms with Gasteiger partial charge in [-0.25, -0.2) is 0 Å². The van der Waals surface area contributed by atoms with E-state index in [9.17, 15) is 0 Å². The molecule has 1 aliphatic carbocycles. The molecule has 0 aromatic heterocycles. The molecule has 1 N–H and O–H groups in total. The smallest absolute Gasteiger partial charge is 0.0212 e. The van der Waals surface area contributed by atoms with Gasteiger partial charge in [-0.15, -0.1) is 0 Å². The van der Waals surface area contributed by atoms with Crippen LogP contribution in [-0.2, 0) is 0 Å². The molecule has 1 aliphatic heterocycles. The van der Waals surface area contributed by atoms with Crippen LogP contribution in [0.2, 0.25) is 0 Å². The van der Waals surface area contributed by atoms with Crippen molar-refractivity contribution in [2.24, 2.45) is 5.92 Å². The van der Waals surface area contributed by atoms with Gasteiger partial charge in [-0.1, -0.05) is 0 Å². The van der Waals surface area contributed by atoms with E-state index in [4.69, 9.17) is 0 Å². The Morgan fingerprint density at radius 2 is 1.92 bits per heavy atom. The minimum absolute atomic E-state index is 0.385.